The lowest BCUT2D eigenvalue weighted by molar-refractivity contribution is 0.0505. The van der Waals surface area contributed by atoms with Gasteiger partial charge in [-0.25, -0.2) is 0 Å². The second-order valence-electron chi connectivity index (χ2n) is 6.53. The third-order valence-electron chi connectivity index (χ3n) is 4.56. The monoisotopic (exact) mass is 419 g/mol. The molecule has 0 fully saturated rings. The summed E-state index contributed by atoms with van der Waals surface area (Å²) in [6.45, 7) is 2.91. The van der Waals surface area contributed by atoms with Gasteiger partial charge >= 0.3 is 0 Å². The molecule has 3 rings (SSSR count). The summed E-state index contributed by atoms with van der Waals surface area (Å²) in [5.74, 6) is 1.29. The van der Waals surface area contributed by atoms with Gasteiger partial charge in [0.15, 0.2) is 5.96 Å². The van der Waals surface area contributed by atoms with Crippen LogP contribution in [0.3, 0.4) is 0 Å². The van der Waals surface area contributed by atoms with Crippen molar-refractivity contribution in [2.45, 2.75) is 31.4 Å². The Morgan fingerprint density at radius 1 is 1.23 bits per heavy atom. The molecule has 0 aliphatic carbocycles. The Morgan fingerprint density at radius 2 is 1.92 bits per heavy atom. The lowest BCUT2D eigenvalue weighted by Crippen LogP contribution is -2.37. The topological polar surface area (TPSA) is 79.9 Å². The van der Waals surface area contributed by atoms with E-state index in [0.29, 0.717) is 25.5 Å². The number of benzene rings is 2. The molecule has 0 saturated heterocycles. The van der Waals surface area contributed by atoms with Crippen LogP contribution in [-0.4, -0.2) is 24.2 Å². The number of ether oxygens (including phenoxy) is 1. The lowest BCUT2D eigenvalue weighted by Gasteiger charge is -2.27. The number of hydrogen-bond donors (Lipinski definition) is 3. The molecule has 4 N–H and O–H groups in total. The fourth-order valence-electron chi connectivity index (χ4n) is 3.05. The zero-order valence-corrected chi connectivity index (χ0v) is 16.6. The molecular formula is C20H26BrN3O2. The van der Waals surface area contributed by atoms with Crippen LogP contribution < -0.4 is 15.8 Å². The zero-order valence-electron chi connectivity index (χ0n) is 14.9. The Morgan fingerprint density at radius 3 is 2.69 bits per heavy atom. The van der Waals surface area contributed by atoms with E-state index >= 15 is 0 Å². The number of nitrogens with two attached hydrogens (primary N) is 1. The van der Waals surface area contributed by atoms with E-state index in [0.717, 1.165) is 23.3 Å². The second kappa shape index (κ2) is 9.05. The van der Waals surface area contributed by atoms with Crippen molar-refractivity contribution in [3.8, 4) is 5.75 Å². The minimum atomic E-state index is -0.920. The van der Waals surface area contributed by atoms with E-state index in [-0.39, 0.29) is 23.0 Å². The highest BCUT2D eigenvalue weighted by Gasteiger charge is 2.23. The van der Waals surface area contributed by atoms with Gasteiger partial charge in [-0.05, 0) is 25.0 Å². The quantitative estimate of drug-likeness (QED) is 0.512. The van der Waals surface area contributed by atoms with Crippen molar-refractivity contribution in [1.82, 2.24) is 5.32 Å². The molecule has 1 heterocycles. The van der Waals surface area contributed by atoms with Crippen molar-refractivity contribution in [2.24, 2.45) is 10.7 Å². The highest BCUT2D eigenvalue weighted by Crippen LogP contribution is 2.31. The van der Waals surface area contributed by atoms with Crippen molar-refractivity contribution in [3.05, 3.63) is 65.7 Å². The number of aliphatic imine (C=N–C) groups is 1. The molecule has 5 nitrogen and oxygen atoms in total. The van der Waals surface area contributed by atoms with Gasteiger partial charge in [0.05, 0.1) is 18.2 Å². The molecule has 1 aliphatic rings. The molecule has 2 aromatic carbocycles. The highest BCUT2D eigenvalue weighted by molar-refractivity contribution is 8.93. The Bertz CT molecular complexity index is 735. The fourth-order valence-corrected chi connectivity index (χ4v) is 3.05. The van der Waals surface area contributed by atoms with Crippen molar-refractivity contribution >= 4 is 22.9 Å². The van der Waals surface area contributed by atoms with Gasteiger partial charge in [-0.15, -0.1) is 17.0 Å². The van der Waals surface area contributed by atoms with Crippen LogP contribution in [0.15, 0.2) is 59.6 Å². The summed E-state index contributed by atoms with van der Waals surface area (Å²) in [5, 5.41) is 13.9. The summed E-state index contributed by atoms with van der Waals surface area (Å²) in [6, 6.07) is 17.7. The van der Waals surface area contributed by atoms with Crippen LogP contribution >= 0.6 is 17.0 Å². The SMILES string of the molecule is Br.CC(O)(CCN=C(N)NC1CCOc2ccccc21)c1ccccc1. The molecule has 0 amide bonds. The number of guanidine groups is 1. The zero-order chi connectivity index (χ0) is 17.7. The van der Waals surface area contributed by atoms with Gasteiger partial charge in [0.1, 0.15) is 5.75 Å². The fraction of sp³-hybridized carbons (Fsp3) is 0.350. The van der Waals surface area contributed by atoms with Gasteiger partial charge in [-0.3, -0.25) is 4.99 Å². The maximum atomic E-state index is 10.6. The molecule has 0 spiro atoms. The van der Waals surface area contributed by atoms with Crippen molar-refractivity contribution in [1.29, 1.82) is 0 Å². The molecule has 2 atom stereocenters. The average Bonchev–Trinajstić information content (AvgIpc) is 2.63. The third kappa shape index (κ3) is 4.99. The standard InChI is InChI=1S/C20H25N3O2.BrH/c1-20(24,15-7-3-2-4-8-15)12-13-22-19(21)23-17-11-14-25-18-10-6-5-9-16(17)18;/h2-10,17,24H,11-14H2,1H3,(H3,21,22,23);1H. The number of nitrogens with one attached hydrogen (secondary N) is 1. The van der Waals surface area contributed by atoms with E-state index in [4.69, 9.17) is 10.5 Å². The van der Waals surface area contributed by atoms with Gasteiger partial charge in [0.2, 0.25) is 0 Å². The summed E-state index contributed by atoms with van der Waals surface area (Å²) >= 11 is 0. The van der Waals surface area contributed by atoms with E-state index in [2.05, 4.69) is 10.3 Å². The molecule has 0 radical (unpaired) electrons. The molecule has 0 saturated carbocycles. The largest absolute Gasteiger partial charge is 0.493 e. The summed E-state index contributed by atoms with van der Waals surface area (Å²) < 4.78 is 5.66. The van der Waals surface area contributed by atoms with Crippen molar-refractivity contribution < 1.29 is 9.84 Å². The summed E-state index contributed by atoms with van der Waals surface area (Å²) in [7, 11) is 0. The van der Waals surface area contributed by atoms with E-state index in [1.54, 1.807) is 6.92 Å². The molecule has 140 valence electrons. The minimum absolute atomic E-state index is 0. The minimum Gasteiger partial charge on any atom is -0.493 e. The number of aliphatic hydroxyl groups is 1. The highest BCUT2D eigenvalue weighted by atomic mass is 79.9. The van der Waals surface area contributed by atoms with Crippen LogP contribution in [0.5, 0.6) is 5.75 Å². The van der Waals surface area contributed by atoms with Crippen molar-refractivity contribution in [2.75, 3.05) is 13.2 Å². The van der Waals surface area contributed by atoms with Gasteiger partial charge in [-0.2, -0.15) is 0 Å². The number of para-hydroxylation sites is 1. The Balaban J connectivity index is 0.00000243. The molecule has 26 heavy (non-hydrogen) atoms. The Labute approximate surface area is 165 Å². The van der Waals surface area contributed by atoms with Crippen LogP contribution in [0.1, 0.15) is 36.9 Å². The van der Waals surface area contributed by atoms with Crippen LogP contribution in [0.25, 0.3) is 0 Å². The molecule has 6 heteroatoms. The molecule has 1 aliphatic heterocycles. The van der Waals surface area contributed by atoms with Crippen LogP contribution in [0.4, 0.5) is 0 Å². The van der Waals surface area contributed by atoms with E-state index in [9.17, 15) is 5.11 Å². The van der Waals surface area contributed by atoms with Crippen LogP contribution in [0, 0.1) is 0 Å². The summed E-state index contributed by atoms with van der Waals surface area (Å²) in [5.41, 5.74) is 7.11. The third-order valence-corrected chi connectivity index (χ3v) is 4.56. The Kier molecular flexibility index (Phi) is 7.06. The van der Waals surface area contributed by atoms with E-state index in [1.807, 2.05) is 54.6 Å². The van der Waals surface area contributed by atoms with Crippen LogP contribution in [0.2, 0.25) is 0 Å². The van der Waals surface area contributed by atoms with Gasteiger partial charge < -0.3 is 20.9 Å². The number of hydrogen-bond acceptors (Lipinski definition) is 3. The van der Waals surface area contributed by atoms with Gasteiger partial charge in [-0.1, -0.05) is 48.5 Å². The molecule has 0 aromatic heterocycles. The summed E-state index contributed by atoms with van der Waals surface area (Å²) in [4.78, 5) is 4.38. The predicted octanol–water partition coefficient (Wildman–Crippen LogP) is 3.29. The molecule has 0 bridgehead atoms. The van der Waals surface area contributed by atoms with E-state index in [1.165, 1.54) is 0 Å². The molecule has 2 unspecified atom stereocenters. The lowest BCUT2D eigenvalue weighted by atomic mass is 9.93. The maximum Gasteiger partial charge on any atom is 0.189 e. The first-order valence-corrected chi connectivity index (χ1v) is 8.62. The smallest absolute Gasteiger partial charge is 0.189 e. The molecule has 2 aromatic rings. The number of nitrogens with zero attached hydrogens (tertiary/aromatic N) is 1. The average molecular weight is 420 g/mol. The first-order chi connectivity index (χ1) is 12.1. The van der Waals surface area contributed by atoms with Gasteiger partial charge in [0.25, 0.3) is 0 Å². The number of fused-ring (bicyclic) bond motifs is 1. The first kappa shape index (κ1) is 20.3. The summed E-state index contributed by atoms with van der Waals surface area (Å²) in [6.07, 6.45) is 1.35. The maximum absolute atomic E-state index is 10.6. The van der Waals surface area contributed by atoms with Crippen LogP contribution in [-0.2, 0) is 5.60 Å². The van der Waals surface area contributed by atoms with Gasteiger partial charge in [0, 0.05) is 18.5 Å². The number of rotatable bonds is 5. The second-order valence-corrected chi connectivity index (χ2v) is 6.53. The van der Waals surface area contributed by atoms with E-state index < -0.39 is 5.60 Å². The predicted molar refractivity (Wildman–Crippen MR) is 110 cm³/mol. The first-order valence-electron chi connectivity index (χ1n) is 8.62. The molecular weight excluding hydrogens is 394 g/mol. The number of halogens is 1. The van der Waals surface area contributed by atoms with Crippen molar-refractivity contribution in [3.63, 3.8) is 0 Å². The normalized spacial score (nSPS) is 18.7. The Hall–Kier alpha value is -2.05.